The number of hydrogen-bond acceptors (Lipinski definition) is 5. The fraction of sp³-hybridized carbons (Fsp3) is 0. The topological polar surface area (TPSA) is 77.6 Å². The van der Waals surface area contributed by atoms with Crippen LogP contribution >= 0.6 is 0 Å². The Labute approximate surface area is 480 Å². The summed E-state index contributed by atoms with van der Waals surface area (Å²) in [5.74, 6) is -68.3. The van der Waals surface area contributed by atoms with Gasteiger partial charge in [-0.25, -0.2) is 125 Å². The molecular weight excluding hydrogens is 1270 g/mol. The molecule has 0 saturated heterocycles. The first kappa shape index (κ1) is 59.7. The highest BCUT2D eigenvalue weighted by Crippen LogP contribution is 2.45. The van der Waals surface area contributed by atoms with Crippen LogP contribution < -0.4 is 10.7 Å². The first-order valence-electron chi connectivity index (χ1n) is 24.4. The van der Waals surface area contributed by atoms with Gasteiger partial charge in [-0.3, -0.25) is 9.98 Å². The number of halogens is 25. The molecule has 0 saturated carbocycles. The number of H-pyrrole nitrogens is 1. The highest BCUT2D eigenvalue weighted by Gasteiger charge is 2.40. The fourth-order valence-electron chi connectivity index (χ4n) is 10.0. The van der Waals surface area contributed by atoms with Crippen molar-refractivity contribution in [3.05, 3.63) is 279 Å². The maximum absolute atomic E-state index is 16.3. The molecule has 90 heavy (non-hydrogen) atoms. The quantitative estimate of drug-likeness (QED) is 0.101. The van der Waals surface area contributed by atoms with Crippen molar-refractivity contribution in [2.75, 3.05) is 0 Å². The normalized spacial score (nSPS) is 16.2. The van der Waals surface area contributed by atoms with Crippen molar-refractivity contribution in [2.24, 2.45) is 25.0 Å². The van der Waals surface area contributed by atoms with Crippen LogP contribution in [0, 0.1) is 145 Å². The van der Waals surface area contributed by atoms with Crippen LogP contribution in [0.15, 0.2) is 120 Å². The summed E-state index contributed by atoms with van der Waals surface area (Å²) in [7, 11) is 0. The molecule has 6 aliphatic heterocycles. The molecule has 1 aromatic heterocycles. The molecule has 7 heterocycles. The molecular formula is C59H13F25N6. The molecule has 454 valence electrons. The van der Waals surface area contributed by atoms with Crippen molar-refractivity contribution in [2.45, 2.75) is 0 Å². The molecule has 5 aromatic carbocycles. The van der Waals surface area contributed by atoms with Crippen molar-refractivity contribution in [1.29, 1.82) is 0 Å². The van der Waals surface area contributed by atoms with Crippen molar-refractivity contribution in [1.82, 2.24) is 4.98 Å². The Balaban J connectivity index is 1.29. The molecule has 6 aliphatic rings. The number of rotatable bonds is 5. The van der Waals surface area contributed by atoms with Crippen LogP contribution in [0.1, 0.15) is 27.8 Å². The Hall–Kier alpha value is -10.6. The summed E-state index contributed by atoms with van der Waals surface area (Å²) in [6.45, 7) is 0. The van der Waals surface area contributed by atoms with Crippen LogP contribution in [0.3, 0.4) is 0 Å². The fourth-order valence-corrected chi connectivity index (χ4v) is 10.0. The van der Waals surface area contributed by atoms with Gasteiger partial charge in [-0.1, -0.05) is 0 Å². The SMILES string of the molecule is Fc1c(F)c(F)c(C2=C3C=NC(=C3)C(c3c(F)c(F)c(F)c(F)c3F)=c3ccc([nH]3)=C3C=CC(=N3)C(c3c(F)c(F)c(F)c(F)c3F)=C3C=NC(=C3)C(c3c(F)c(F)c(F)c(F)c3F)=C3C=CC(=N3)C(c3c(F)c(F)c(F)c(F)c3F)=C3C=CC2=N3)c(F)c1F. The maximum Gasteiger partial charge on any atom is 0.200 e. The van der Waals surface area contributed by atoms with E-state index in [9.17, 15) is 22.0 Å². The van der Waals surface area contributed by atoms with Crippen molar-refractivity contribution in [3.8, 4) is 0 Å². The Morgan fingerprint density at radius 2 is 0.478 bits per heavy atom. The Kier molecular flexibility index (Phi) is 14.1. The van der Waals surface area contributed by atoms with Gasteiger partial charge < -0.3 is 4.98 Å². The third kappa shape index (κ3) is 8.73. The molecule has 6 nitrogen and oxygen atoms in total. The first-order chi connectivity index (χ1) is 42.6. The van der Waals surface area contributed by atoms with Crippen molar-refractivity contribution >= 4 is 63.1 Å². The van der Waals surface area contributed by atoms with Gasteiger partial charge in [0.25, 0.3) is 0 Å². The molecule has 31 heteroatoms. The molecule has 0 radical (unpaired) electrons. The van der Waals surface area contributed by atoms with Crippen molar-refractivity contribution < 1.29 is 110 Å². The predicted octanol–water partition coefficient (Wildman–Crippen LogP) is 14.5. The first-order valence-corrected chi connectivity index (χ1v) is 24.4. The Morgan fingerprint density at radius 3 is 0.833 bits per heavy atom. The molecule has 12 rings (SSSR count). The summed E-state index contributed by atoms with van der Waals surface area (Å²) < 4.78 is 388. The van der Waals surface area contributed by atoms with Gasteiger partial charge in [-0.15, -0.1) is 0 Å². The Morgan fingerprint density at radius 1 is 0.233 bits per heavy atom. The van der Waals surface area contributed by atoms with E-state index in [1.807, 2.05) is 0 Å². The molecule has 0 aliphatic carbocycles. The summed E-state index contributed by atoms with van der Waals surface area (Å²) >= 11 is 0. The van der Waals surface area contributed by atoms with Gasteiger partial charge in [0.15, 0.2) is 116 Å². The van der Waals surface area contributed by atoms with E-state index in [0.29, 0.717) is 48.9 Å². The number of aromatic nitrogens is 1. The lowest BCUT2D eigenvalue weighted by Crippen LogP contribution is -2.18. The van der Waals surface area contributed by atoms with Gasteiger partial charge in [0.1, 0.15) is 0 Å². The summed E-state index contributed by atoms with van der Waals surface area (Å²) in [5, 5.41) is -1.33. The number of benzene rings is 5. The lowest BCUT2D eigenvalue weighted by Gasteiger charge is -2.15. The van der Waals surface area contributed by atoms with Gasteiger partial charge in [-0.05, 0) is 60.7 Å². The number of hydrogen-bond donors (Lipinski definition) is 1. The minimum Gasteiger partial charge on any atom is -0.353 e. The zero-order valence-corrected chi connectivity index (χ0v) is 42.6. The predicted molar refractivity (Wildman–Crippen MR) is 268 cm³/mol. The van der Waals surface area contributed by atoms with E-state index in [4.69, 9.17) is 0 Å². The smallest absolute Gasteiger partial charge is 0.200 e. The van der Waals surface area contributed by atoms with E-state index < -0.39 is 269 Å². The van der Waals surface area contributed by atoms with Gasteiger partial charge in [-0.2, -0.15) is 0 Å². The summed E-state index contributed by atoms with van der Waals surface area (Å²) in [6.07, 6.45) is 5.04. The molecule has 6 aromatic rings. The monoisotopic (exact) mass is 1280 g/mol. The average Bonchev–Trinajstić information content (AvgIpc) is 1.57. The van der Waals surface area contributed by atoms with E-state index in [1.165, 1.54) is 0 Å². The second kappa shape index (κ2) is 21.3. The molecule has 12 bridgehead atoms. The van der Waals surface area contributed by atoms with Gasteiger partial charge in [0.2, 0.25) is 29.1 Å². The second-order valence-corrected chi connectivity index (χ2v) is 19.0. The van der Waals surface area contributed by atoms with E-state index >= 15 is 87.8 Å². The Bertz CT molecular complexity index is 4950. The number of aliphatic imine (C=N–C) groups is 5. The number of allylic oxidation sites excluding steroid dienone is 14. The van der Waals surface area contributed by atoms with Crippen LogP contribution in [-0.4, -0.2) is 34.5 Å². The molecule has 0 spiro atoms. The van der Waals surface area contributed by atoms with E-state index in [-0.39, 0.29) is 0 Å². The van der Waals surface area contributed by atoms with Crippen LogP contribution in [0.4, 0.5) is 110 Å². The van der Waals surface area contributed by atoms with Crippen LogP contribution in [0.2, 0.25) is 0 Å². The summed E-state index contributed by atoms with van der Waals surface area (Å²) in [4.78, 5) is 22.1. The highest BCUT2D eigenvalue weighted by atomic mass is 19.2. The lowest BCUT2D eigenvalue weighted by molar-refractivity contribution is 0.376. The zero-order valence-electron chi connectivity index (χ0n) is 42.6. The zero-order chi connectivity index (χ0) is 64.9. The van der Waals surface area contributed by atoms with E-state index in [1.54, 1.807) is 0 Å². The minimum atomic E-state index is -2.86. The average molecular weight is 1280 g/mol. The summed E-state index contributed by atoms with van der Waals surface area (Å²) in [6, 6.07) is 1.64. The number of nitrogens with one attached hydrogen (secondary N) is 1. The maximum atomic E-state index is 16.3. The van der Waals surface area contributed by atoms with Crippen LogP contribution in [0.5, 0.6) is 0 Å². The van der Waals surface area contributed by atoms with Gasteiger partial charge in [0, 0.05) is 56.8 Å². The third-order valence-corrected chi connectivity index (χ3v) is 14.1. The highest BCUT2D eigenvalue weighted by molar-refractivity contribution is 6.38. The van der Waals surface area contributed by atoms with Crippen LogP contribution in [0.25, 0.3) is 33.6 Å². The minimum absolute atomic E-state index is 0.381. The van der Waals surface area contributed by atoms with Crippen molar-refractivity contribution in [3.63, 3.8) is 0 Å². The molecule has 0 atom stereocenters. The molecule has 1 N–H and O–H groups in total. The van der Waals surface area contributed by atoms with Crippen LogP contribution in [-0.2, 0) is 0 Å². The van der Waals surface area contributed by atoms with Gasteiger partial charge in [0.05, 0.1) is 78.8 Å². The molecule has 0 fully saturated rings. The van der Waals surface area contributed by atoms with E-state index in [2.05, 4.69) is 29.9 Å². The molecule has 0 unspecified atom stereocenters. The lowest BCUT2D eigenvalue weighted by atomic mass is 9.93. The molecule has 0 amide bonds. The largest absolute Gasteiger partial charge is 0.353 e. The number of aromatic amines is 1. The summed E-state index contributed by atoms with van der Waals surface area (Å²) in [5.41, 5.74) is -27.7. The standard InChI is InChI=1S/C59H13F25N6/c60-35-30(36(61)46(71)55(80)45(35)70)25-13-9-24(86-11-13)29(34-43(68)53(78)59(84)54(79)44(34)69)22-8-7-20(90-22)27(32-39(64)49(74)57(82)50(75)40(32)65)19-6-5-18(89-19)26(31-37(62)47(72)56(81)48(73)38(31)63)14-10-23(85-12-14)28(33-41(66)51(76)58(83)52(77)42(33)67)21-4-2-16(88-21)15-1-3-17(25)87-15/h1-12,88H. The number of fused-ring (bicyclic) bond motifs is 7. The van der Waals surface area contributed by atoms with E-state index in [0.717, 1.165) is 24.3 Å². The third-order valence-electron chi connectivity index (χ3n) is 14.1. The second-order valence-electron chi connectivity index (χ2n) is 19.0. The van der Waals surface area contributed by atoms with Gasteiger partial charge >= 0.3 is 0 Å². The number of nitrogens with zero attached hydrogens (tertiary/aromatic N) is 5.